The molecule has 0 aliphatic carbocycles. The summed E-state index contributed by atoms with van der Waals surface area (Å²) in [5.41, 5.74) is 10.9. The minimum absolute atomic E-state index is 0.0980. The Morgan fingerprint density at radius 2 is 0.812 bits per heavy atom. The van der Waals surface area contributed by atoms with Gasteiger partial charge in [0.2, 0.25) is 0 Å². The monoisotopic (exact) mass is 1260 g/mol. The molecule has 0 fully saturated rings. The SMILES string of the molecule is CCCCC(CC)CC(CC(CC)CCCC)n1c2cc(C)sc2c2sc(-c3sc(-c4cc5c(s4)c4sc(-c6ccc(C)c7nsnc67)cc4n5C(CC(CC)CCCC)CC(CC)CCCC)c4c3C(=O)N(CC(CC)CCCC)C4=O)cc21. The van der Waals surface area contributed by atoms with Gasteiger partial charge in [0, 0.05) is 43.7 Å². The van der Waals surface area contributed by atoms with Gasteiger partial charge in [-0.25, -0.2) is 0 Å². The van der Waals surface area contributed by atoms with Gasteiger partial charge in [0.15, 0.2) is 0 Å². The van der Waals surface area contributed by atoms with Crippen molar-refractivity contribution >= 4 is 132 Å². The molecule has 1 aliphatic heterocycles. The minimum atomic E-state index is -0.101. The van der Waals surface area contributed by atoms with Gasteiger partial charge in [-0.2, -0.15) is 8.75 Å². The van der Waals surface area contributed by atoms with E-state index in [0.717, 1.165) is 80.2 Å². The van der Waals surface area contributed by atoms with Crippen molar-refractivity contribution in [1.29, 1.82) is 0 Å². The van der Waals surface area contributed by atoms with Crippen molar-refractivity contribution in [1.82, 2.24) is 22.8 Å². The van der Waals surface area contributed by atoms with Crippen LogP contribution in [0.5, 0.6) is 0 Å². The molecule has 8 aromatic heterocycles. The van der Waals surface area contributed by atoms with Gasteiger partial charge in [0.05, 0.1) is 73.5 Å². The summed E-state index contributed by atoms with van der Waals surface area (Å²) >= 11 is 10.6. The molecule has 0 saturated heterocycles. The average Bonchev–Trinajstić information content (AvgIpc) is 1.65. The zero-order chi connectivity index (χ0) is 60.1. The van der Waals surface area contributed by atoms with E-state index in [1.807, 2.05) is 45.3 Å². The first kappa shape index (κ1) is 64.3. The van der Waals surface area contributed by atoms with Crippen molar-refractivity contribution in [3.05, 3.63) is 58.0 Å². The maximum Gasteiger partial charge on any atom is 0.263 e. The van der Waals surface area contributed by atoms with Crippen LogP contribution in [0.2, 0.25) is 0 Å². The van der Waals surface area contributed by atoms with Gasteiger partial charge < -0.3 is 9.13 Å². The summed E-state index contributed by atoms with van der Waals surface area (Å²) in [6.45, 7) is 28.4. The van der Waals surface area contributed by atoms with E-state index in [1.54, 1.807) is 16.2 Å². The third-order valence-electron chi connectivity index (χ3n) is 19.9. The number of benzene rings is 1. The Hall–Kier alpha value is -3.72. The van der Waals surface area contributed by atoms with Gasteiger partial charge in [-0.05, 0) is 105 Å². The van der Waals surface area contributed by atoms with Crippen LogP contribution in [0.1, 0.15) is 267 Å². The second-order valence-electron chi connectivity index (χ2n) is 25.7. The molecule has 9 heterocycles. The van der Waals surface area contributed by atoms with Crippen LogP contribution in [-0.4, -0.2) is 41.1 Å². The lowest BCUT2D eigenvalue weighted by Crippen LogP contribution is -2.34. The lowest BCUT2D eigenvalue weighted by molar-refractivity contribution is 0.0624. The number of fused-ring (bicyclic) bond motifs is 8. The first-order valence-corrected chi connectivity index (χ1v) is 38.5. The summed E-state index contributed by atoms with van der Waals surface area (Å²) in [4.78, 5) is 39.7. The molecule has 9 aromatic rings. The van der Waals surface area contributed by atoms with Crippen LogP contribution in [-0.2, 0) is 0 Å². The van der Waals surface area contributed by atoms with Gasteiger partial charge in [-0.1, -0.05) is 203 Å². The predicted octanol–water partition coefficient (Wildman–Crippen LogP) is 25.2. The summed E-state index contributed by atoms with van der Waals surface area (Å²) in [7, 11) is 0. The first-order valence-electron chi connectivity index (χ1n) is 33.7. The fraction of sp³-hybridized carbons (Fsp3) is 0.611. The maximum atomic E-state index is 15.6. The number of aryl methyl sites for hydroxylation is 2. The number of rotatable bonds is 35. The molecule has 460 valence electrons. The highest BCUT2D eigenvalue weighted by Crippen LogP contribution is 2.56. The molecule has 0 spiro atoms. The van der Waals surface area contributed by atoms with E-state index in [0.29, 0.717) is 53.4 Å². The van der Waals surface area contributed by atoms with Gasteiger partial charge in [-0.15, -0.1) is 56.7 Å². The van der Waals surface area contributed by atoms with Crippen LogP contribution in [0.25, 0.3) is 81.8 Å². The molecule has 1 aromatic carbocycles. The predicted molar refractivity (Wildman–Crippen MR) is 377 cm³/mol. The lowest BCUT2D eigenvalue weighted by Gasteiger charge is -2.29. The zero-order valence-electron chi connectivity index (χ0n) is 53.7. The number of unbranched alkanes of at least 4 members (excludes halogenated alkanes) is 5. The minimum Gasteiger partial charge on any atom is -0.336 e. The number of nitrogens with zero attached hydrogens (tertiary/aromatic N) is 5. The number of carbonyl (C=O) groups excluding carboxylic acids is 2. The Labute approximate surface area is 533 Å². The zero-order valence-corrected chi connectivity index (χ0v) is 58.6. The molecule has 85 heavy (non-hydrogen) atoms. The van der Waals surface area contributed by atoms with Crippen molar-refractivity contribution in [3.63, 3.8) is 0 Å². The van der Waals surface area contributed by atoms with Gasteiger partial charge in [0.1, 0.15) is 11.0 Å². The lowest BCUT2D eigenvalue weighted by atomic mass is 9.85. The fourth-order valence-electron chi connectivity index (χ4n) is 14.6. The van der Waals surface area contributed by atoms with Crippen LogP contribution >= 0.6 is 68.4 Å². The largest absolute Gasteiger partial charge is 0.336 e. The number of amides is 2. The summed E-state index contributed by atoms with van der Waals surface area (Å²) in [5, 5.41) is 0. The second-order valence-corrected chi connectivity index (χ2v) is 31.7. The third kappa shape index (κ3) is 13.2. The number of thiophene rings is 5. The Balaban J connectivity index is 1.19. The first-order chi connectivity index (χ1) is 41.4. The topological polar surface area (TPSA) is 73.0 Å². The molecule has 10 rings (SSSR count). The number of hydrogen-bond donors (Lipinski definition) is 0. The van der Waals surface area contributed by atoms with Crippen LogP contribution < -0.4 is 0 Å². The van der Waals surface area contributed by atoms with Gasteiger partial charge in [-0.3, -0.25) is 14.5 Å². The highest BCUT2D eigenvalue weighted by molar-refractivity contribution is 7.34. The number of carbonyl (C=O) groups is 2. The Morgan fingerprint density at radius 3 is 1.24 bits per heavy atom. The highest BCUT2D eigenvalue weighted by atomic mass is 32.1. The van der Waals surface area contributed by atoms with Gasteiger partial charge >= 0.3 is 0 Å². The van der Waals surface area contributed by atoms with Gasteiger partial charge in [0.25, 0.3) is 11.8 Å². The van der Waals surface area contributed by atoms with E-state index in [2.05, 4.69) is 129 Å². The summed E-state index contributed by atoms with van der Waals surface area (Å²) in [5.74, 6) is 2.68. The molecule has 1 aliphatic rings. The van der Waals surface area contributed by atoms with Crippen molar-refractivity contribution in [2.75, 3.05) is 6.54 Å². The normalized spacial score (nSPS) is 15.7. The molecular formula is C72H99N5O2S6. The van der Waals surface area contributed by atoms with Crippen molar-refractivity contribution < 1.29 is 9.59 Å². The van der Waals surface area contributed by atoms with E-state index < -0.39 is 0 Å². The Morgan fingerprint density at radius 1 is 0.435 bits per heavy atom. The molecule has 5 unspecified atom stereocenters. The van der Waals surface area contributed by atoms with Crippen LogP contribution in [0.4, 0.5) is 0 Å². The van der Waals surface area contributed by atoms with Crippen LogP contribution in [0.15, 0.2) is 36.4 Å². The molecule has 0 saturated carbocycles. The van der Waals surface area contributed by atoms with E-state index in [1.165, 1.54) is 178 Å². The number of imide groups is 1. The molecule has 7 nitrogen and oxygen atoms in total. The summed E-state index contributed by atoms with van der Waals surface area (Å²) < 4.78 is 20.6. The maximum absolute atomic E-state index is 15.6. The average molecular weight is 1260 g/mol. The Kier molecular flexibility index (Phi) is 22.1. The fourth-order valence-corrected chi connectivity index (χ4v) is 21.5. The van der Waals surface area contributed by atoms with Crippen molar-refractivity contribution in [2.45, 2.75) is 249 Å². The third-order valence-corrected chi connectivity index (χ3v) is 26.7. The van der Waals surface area contributed by atoms with Crippen LogP contribution in [0, 0.1) is 43.4 Å². The molecule has 13 heteroatoms. The van der Waals surface area contributed by atoms with E-state index in [-0.39, 0.29) is 17.7 Å². The Bertz CT molecular complexity index is 3650. The van der Waals surface area contributed by atoms with E-state index in [9.17, 15) is 0 Å². The van der Waals surface area contributed by atoms with Crippen LogP contribution in [0.3, 0.4) is 0 Å². The summed E-state index contributed by atoms with van der Waals surface area (Å²) in [6, 6.07) is 15.1. The molecule has 0 bridgehead atoms. The van der Waals surface area contributed by atoms with E-state index in [4.69, 9.17) is 8.75 Å². The molecule has 2 amide bonds. The number of hydrogen-bond acceptors (Lipinski definition) is 10. The van der Waals surface area contributed by atoms with E-state index >= 15 is 9.59 Å². The molecule has 0 radical (unpaired) electrons. The van der Waals surface area contributed by atoms with Crippen molar-refractivity contribution in [2.24, 2.45) is 29.6 Å². The second kappa shape index (κ2) is 29.3. The smallest absolute Gasteiger partial charge is 0.263 e. The molecular weight excluding hydrogens is 1160 g/mol. The quantitative estimate of drug-likeness (QED) is 0.0371. The number of aromatic nitrogens is 4. The summed E-state index contributed by atoms with van der Waals surface area (Å²) in [6.07, 6.45) is 28.7. The highest BCUT2D eigenvalue weighted by Gasteiger charge is 2.44. The molecule has 5 atom stereocenters. The van der Waals surface area contributed by atoms with Crippen molar-refractivity contribution in [3.8, 4) is 29.9 Å². The standard InChI is InChI=1S/C72H99N5O2S6/c1-13-23-28-46(18-6)36-51(37-47(19-7)29-24-14-2)76-54-35-45(12)80-65(54)66-56(76)41-59(82-66)69-61-62(72(79)75(71(61)78)43-50(22-10)32-27-17-5)70(84-69)60-42-57-68(83-60)67-55(40-58(81-67)53-34-33-44(11)63-64(53)74-85-73-63)77(57)52(38-48(20-8)30-25-15-3)39-49(21-9)31-26-16-4/h33-35,40-42,46-52H,13-32,36-39,43H2,1-12H3. The molecule has 0 N–H and O–H groups in total.